The first-order valence-corrected chi connectivity index (χ1v) is 8.37. The predicted octanol–water partition coefficient (Wildman–Crippen LogP) is 4.67. The predicted molar refractivity (Wildman–Crippen MR) is 100 cm³/mol. The lowest BCUT2D eigenvalue weighted by atomic mass is 10.1. The number of rotatable bonds is 6. The molecule has 4 nitrogen and oxygen atoms in total. The van der Waals surface area contributed by atoms with Gasteiger partial charge in [0.15, 0.2) is 0 Å². The maximum absolute atomic E-state index is 13.6. The molecule has 27 heavy (non-hydrogen) atoms. The zero-order chi connectivity index (χ0) is 19.1. The molecule has 0 saturated carbocycles. The molecule has 3 aromatic rings. The van der Waals surface area contributed by atoms with Gasteiger partial charge in [0.25, 0.3) is 5.91 Å². The molecule has 0 heterocycles. The highest BCUT2D eigenvalue weighted by Gasteiger charge is 2.10. The van der Waals surface area contributed by atoms with E-state index < -0.39 is 11.7 Å². The van der Waals surface area contributed by atoms with Gasteiger partial charge in [0, 0.05) is 5.69 Å². The number of hydrogen-bond acceptors (Lipinski definition) is 3. The third-order valence-electron chi connectivity index (χ3n) is 3.95. The minimum absolute atomic E-state index is 0.00678. The molecular formula is C22H17FN2O2. The standard InChI is InChI=1S/C22H17FN2O2/c23-21-4-2-1-3-20(21)22(26)25-19-11-9-18(10-12-19)15-27-14-17-7-5-16(13-24)6-8-17/h1-12H,14-15H2,(H,25,26). The van der Waals surface area contributed by atoms with Crippen molar-refractivity contribution in [1.29, 1.82) is 5.26 Å². The highest BCUT2D eigenvalue weighted by atomic mass is 19.1. The number of benzene rings is 3. The SMILES string of the molecule is N#Cc1ccc(COCc2ccc(NC(=O)c3ccccc3F)cc2)cc1. The summed E-state index contributed by atoms with van der Waals surface area (Å²) in [5.74, 6) is -1.04. The summed E-state index contributed by atoms with van der Waals surface area (Å²) in [5, 5.41) is 11.5. The molecule has 1 amide bonds. The maximum Gasteiger partial charge on any atom is 0.258 e. The Hall–Kier alpha value is -3.49. The topological polar surface area (TPSA) is 62.1 Å². The largest absolute Gasteiger partial charge is 0.372 e. The van der Waals surface area contributed by atoms with Crippen LogP contribution in [0.3, 0.4) is 0 Å². The van der Waals surface area contributed by atoms with Crippen LogP contribution in [0.25, 0.3) is 0 Å². The van der Waals surface area contributed by atoms with Crippen molar-refractivity contribution < 1.29 is 13.9 Å². The molecule has 0 aliphatic heterocycles. The molecule has 0 aliphatic rings. The molecule has 3 rings (SSSR count). The fourth-order valence-electron chi connectivity index (χ4n) is 2.49. The zero-order valence-corrected chi connectivity index (χ0v) is 14.5. The smallest absolute Gasteiger partial charge is 0.258 e. The van der Waals surface area contributed by atoms with Crippen LogP contribution in [0.15, 0.2) is 72.8 Å². The minimum Gasteiger partial charge on any atom is -0.372 e. The van der Waals surface area contributed by atoms with Crippen molar-refractivity contribution in [2.45, 2.75) is 13.2 Å². The van der Waals surface area contributed by atoms with Gasteiger partial charge in [-0.1, -0.05) is 36.4 Å². The summed E-state index contributed by atoms with van der Waals surface area (Å²) in [6, 6.07) is 22.3. The monoisotopic (exact) mass is 360 g/mol. The first-order valence-electron chi connectivity index (χ1n) is 8.37. The van der Waals surface area contributed by atoms with E-state index in [0.717, 1.165) is 11.1 Å². The van der Waals surface area contributed by atoms with Crippen LogP contribution < -0.4 is 5.32 Å². The fraction of sp³-hybridized carbons (Fsp3) is 0.0909. The van der Waals surface area contributed by atoms with Crippen LogP contribution in [0, 0.1) is 17.1 Å². The van der Waals surface area contributed by atoms with Crippen LogP contribution in [0.4, 0.5) is 10.1 Å². The number of hydrogen-bond donors (Lipinski definition) is 1. The number of halogens is 1. The van der Waals surface area contributed by atoms with Crippen LogP contribution >= 0.6 is 0 Å². The van der Waals surface area contributed by atoms with Gasteiger partial charge in [-0.3, -0.25) is 4.79 Å². The van der Waals surface area contributed by atoms with Gasteiger partial charge in [0.05, 0.1) is 30.4 Å². The average Bonchev–Trinajstić information content (AvgIpc) is 2.70. The Labute approximate surface area is 156 Å². The highest BCUT2D eigenvalue weighted by molar-refractivity contribution is 6.04. The number of anilines is 1. The van der Waals surface area contributed by atoms with Gasteiger partial charge >= 0.3 is 0 Å². The van der Waals surface area contributed by atoms with Crippen molar-refractivity contribution in [3.05, 3.63) is 101 Å². The van der Waals surface area contributed by atoms with Crippen LogP contribution in [0.1, 0.15) is 27.0 Å². The van der Waals surface area contributed by atoms with Crippen LogP contribution in [-0.2, 0) is 18.0 Å². The number of nitriles is 1. The van der Waals surface area contributed by atoms with E-state index in [4.69, 9.17) is 10.00 Å². The molecule has 134 valence electrons. The molecule has 0 aromatic heterocycles. The molecule has 0 aliphatic carbocycles. The van der Waals surface area contributed by atoms with E-state index in [-0.39, 0.29) is 5.56 Å². The number of nitrogens with one attached hydrogen (secondary N) is 1. The summed E-state index contributed by atoms with van der Waals surface area (Å²) in [4.78, 5) is 12.1. The van der Waals surface area contributed by atoms with Gasteiger partial charge in [-0.2, -0.15) is 5.26 Å². The second kappa shape index (κ2) is 8.75. The van der Waals surface area contributed by atoms with Crippen molar-refractivity contribution >= 4 is 11.6 Å². The number of amides is 1. The van der Waals surface area contributed by atoms with E-state index in [1.165, 1.54) is 12.1 Å². The van der Waals surface area contributed by atoms with Gasteiger partial charge in [-0.25, -0.2) is 4.39 Å². The molecule has 0 unspecified atom stereocenters. The second-order valence-corrected chi connectivity index (χ2v) is 5.93. The number of ether oxygens (including phenoxy) is 1. The van der Waals surface area contributed by atoms with E-state index in [1.54, 1.807) is 36.4 Å². The third-order valence-corrected chi connectivity index (χ3v) is 3.95. The van der Waals surface area contributed by atoms with Crippen LogP contribution in [0.2, 0.25) is 0 Å². The molecule has 0 atom stereocenters. The quantitative estimate of drug-likeness (QED) is 0.695. The summed E-state index contributed by atoms with van der Waals surface area (Å²) in [6.45, 7) is 0.860. The molecule has 0 spiro atoms. The first-order chi connectivity index (χ1) is 13.2. The van der Waals surface area contributed by atoms with Gasteiger partial charge in [-0.15, -0.1) is 0 Å². The van der Waals surface area contributed by atoms with Gasteiger partial charge < -0.3 is 10.1 Å². The summed E-state index contributed by atoms with van der Waals surface area (Å²) in [6.07, 6.45) is 0. The molecule has 5 heteroatoms. The Morgan fingerprint density at radius 2 is 1.52 bits per heavy atom. The Kier molecular flexibility index (Phi) is 5.93. The number of nitrogens with zero attached hydrogens (tertiary/aromatic N) is 1. The normalized spacial score (nSPS) is 10.2. The van der Waals surface area contributed by atoms with E-state index in [9.17, 15) is 9.18 Å². The third kappa shape index (κ3) is 5.00. The maximum atomic E-state index is 13.6. The Balaban J connectivity index is 1.52. The minimum atomic E-state index is -0.553. The lowest BCUT2D eigenvalue weighted by molar-refractivity contribution is 0.102. The first kappa shape index (κ1) is 18.3. The lowest BCUT2D eigenvalue weighted by Crippen LogP contribution is -2.13. The summed E-state index contributed by atoms with van der Waals surface area (Å²) in [5.41, 5.74) is 3.15. The Morgan fingerprint density at radius 3 is 2.11 bits per heavy atom. The van der Waals surface area contributed by atoms with Crippen LogP contribution in [0.5, 0.6) is 0 Å². The van der Waals surface area contributed by atoms with Gasteiger partial charge in [-0.05, 0) is 47.5 Å². The van der Waals surface area contributed by atoms with Crippen molar-refractivity contribution in [2.75, 3.05) is 5.32 Å². The van der Waals surface area contributed by atoms with Gasteiger partial charge in [0.1, 0.15) is 5.82 Å². The molecule has 3 aromatic carbocycles. The fourth-order valence-corrected chi connectivity index (χ4v) is 2.49. The van der Waals surface area contributed by atoms with Gasteiger partial charge in [0.2, 0.25) is 0 Å². The Bertz CT molecular complexity index is 961. The average molecular weight is 360 g/mol. The number of carbonyl (C=O) groups excluding carboxylic acids is 1. The van der Waals surface area contributed by atoms with E-state index in [2.05, 4.69) is 11.4 Å². The molecule has 0 radical (unpaired) electrons. The molecule has 1 N–H and O–H groups in total. The molecule has 0 fully saturated rings. The zero-order valence-electron chi connectivity index (χ0n) is 14.5. The Morgan fingerprint density at radius 1 is 0.926 bits per heavy atom. The molecular weight excluding hydrogens is 343 g/mol. The van der Waals surface area contributed by atoms with Crippen molar-refractivity contribution in [3.63, 3.8) is 0 Å². The van der Waals surface area contributed by atoms with E-state index in [1.807, 2.05) is 24.3 Å². The summed E-state index contributed by atoms with van der Waals surface area (Å²) >= 11 is 0. The number of carbonyl (C=O) groups is 1. The lowest BCUT2D eigenvalue weighted by Gasteiger charge is -2.08. The van der Waals surface area contributed by atoms with E-state index in [0.29, 0.717) is 24.5 Å². The van der Waals surface area contributed by atoms with Crippen molar-refractivity contribution in [2.24, 2.45) is 0 Å². The van der Waals surface area contributed by atoms with Crippen molar-refractivity contribution in [3.8, 4) is 6.07 Å². The van der Waals surface area contributed by atoms with Crippen molar-refractivity contribution in [1.82, 2.24) is 0 Å². The summed E-state index contributed by atoms with van der Waals surface area (Å²) < 4.78 is 19.3. The highest BCUT2D eigenvalue weighted by Crippen LogP contribution is 2.14. The van der Waals surface area contributed by atoms with E-state index >= 15 is 0 Å². The van der Waals surface area contributed by atoms with Crippen LogP contribution in [-0.4, -0.2) is 5.91 Å². The molecule has 0 bridgehead atoms. The second-order valence-electron chi connectivity index (χ2n) is 5.93. The summed E-state index contributed by atoms with van der Waals surface area (Å²) in [7, 11) is 0. The molecule has 0 saturated heterocycles.